The topological polar surface area (TPSA) is 59.0 Å². The second-order valence-electron chi connectivity index (χ2n) is 4.17. The van der Waals surface area contributed by atoms with Gasteiger partial charge in [0.2, 0.25) is 5.91 Å². The maximum atomic E-state index is 11.7. The van der Waals surface area contributed by atoms with E-state index in [1.807, 2.05) is 42.0 Å². The summed E-state index contributed by atoms with van der Waals surface area (Å²) >= 11 is 0. The number of rotatable bonds is 6. The van der Waals surface area contributed by atoms with Gasteiger partial charge in [-0.2, -0.15) is 0 Å². The van der Waals surface area contributed by atoms with Crippen molar-refractivity contribution in [3.63, 3.8) is 0 Å². The number of carbonyl (C=O) groups excluding carboxylic acids is 1. The number of nitrogens with one attached hydrogen (secondary N) is 2. The number of benzene rings is 1. The number of amides is 1. The lowest BCUT2D eigenvalue weighted by atomic mass is 10.2. The third-order valence-corrected chi connectivity index (χ3v) is 2.71. The van der Waals surface area contributed by atoms with E-state index in [1.54, 1.807) is 12.5 Å². The van der Waals surface area contributed by atoms with E-state index >= 15 is 0 Å². The van der Waals surface area contributed by atoms with Crippen LogP contribution < -0.4 is 10.6 Å². The molecule has 1 aromatic heterocycles. The summed E-state index contributed by atoms with van der Waals surface area (Å²) in [5, 5.41) is 6.02. The standard InChI is InChI=1S/C14H18N4O/c1-2-15-7-6-14(19)17-12-4-3-5-13(10-12)18-9-8-16-11-18/h3-5,8-11,15H,2,6-7H2,1H3,(H,17,19). The number of aromatic nitrogens is 2. The van der Waals surface area contributed by atoms with Crippen molar-refractivity contribution in [1.82, 2.24) is 14.9 Å². The third-order valence-electron chi connectivity index (χ3n) is 2.71. The fourth-order valence-electron chi connectivity index (χ4n) is 1.76. The SMILES string of the molecule is CCNCCC(=O)Nc1cccc(-n2ccnc2)c1. The van der Waals surface area contributed by atoms with Crippen LogP contribution >= 0.6 is 0 Å². The maximum absolute atomic E-state index is 11.7. The lowest BCUT2D eigenvalue weighted by molar-refractivity contribution is -0.116. The molecule has 0 fully saturated rings. The second kappa shape index (κ2) is 6.70. The van der Waals surface area contributed by atoms with Crippen molar-refractivity contribution >= 4 is 11.6 Å². The van der Waals surface area contributed by atoms with Crippen molar-refractivity contribution in [1.29, 1.82) is 0 Å². The molecule has 0 radical (unpaired) electrons. The van der Waals surface area contributed by atoms with Crippen LogP contribution in [0, 0.1) is 0 Å². The van der Waals surface area contributed by atoms with E-state index in [4.69, 9.17) is 0 Å². The number of carbonyl (C=O) groups is 1. The predicted molar refractivity (Wildman–Crippen MR) is 75.4 cm³/mol. The van der Waals surface area contributed by atoms with E-state index in [-0.39, 0.29) is 5.91 Å². The Balaban J connectivity index is 1.97. The minimum absolute atomic E-state index is 0.0173. The molecule has 1 heterocycles. The van der Waals surface area contributed by atoms with Gasteiger partial charge in [-0.05, 0) is 24.7 Å². The summed E-state index contributed by atoms with van der Waals surface area (Å²) < 4.78 is 1.90. The Hall–Kier alpha value is -2.14. The molecular weight excluding hydrogens is 240 g/mol. The second-order valence-corrected chi connectivity index (χ2v) is 4.17. The first-order chi connectivity index (χ1) is 9.29. The maximum Gasteiger partial charge on any atom is 0.225 e. The average molecular weight is 258 g/mol. The third kappa shape index (κ3) is 3.93. The van der Waals surface area contributed by atoms with Crippen LogP contribution in [-0.2, 0) is 4.79 Å². The molecule has 0 aliphatic carbocycles. The van der Waals surface area contributed by atoms with Crippen molar-refractivity contribution in [2.24, 2.45) is 0 Å². The van der Waals surface area contributed by atoms with Crippen LogP contribution in [0.15, 0.2) is 43.0 Å². The number of anilines is 1. The van der Waals surface area contributed by atoms with Gasteiger partial charge in [-0.3, -0.25) is 4.79 Å². The fourth-order valence-corrected chi connectivity index (χ4v) is 1.76. The zero-order valence-corrected chi connectivity index (χ0v) is 11.0. The number of nitrogens with zero attached hydrogens (tertiary/aromatic N) is 2. The van der Waals surface area contributed by atoms with E-state index in [9.17, 15) is 4.79 Å². The molecule has 0 saturated heterocycles. The number of hydrogen-bond acceptors (Lipinski definition) is 3. The van der Waals surface area contributed by atoms with E-state index in [0.717, 1.165) is 17.9 Å². The van der Waals surface area contributed by atoms with Gasteiger partial charge < -0.3 is 15.2 Å². The average Bonchev–Trinajstić information content (AvgIpc) is 2.93. The molecule has 5 heteroatoms. The summed E-state index contributed by atoms with van der Waals surface area (Å²) in [4.78, 5) is 15.7. The monoisotopic (exact) mass is 258 g/mol. The minimum atomic E-state index is 0.0173. The minimum Gasteiger partial charge on any atom is -0.326 e. The van der Waals surface area contributed by atoms with Crippen molar-refractivity contribution in [2.45, 2.75) is 13.3 Å². The zero-order valence-electron chi connectivity index (χ0n) is 11.0. The van der Waals surface area contributed by atoms with Crippen LogP contribution in [0.3, 0.4) is 0 Å². The Morgan fingerprint density at radius 1 is 1.42 bits per heavy atom. The zero-order chi connectivity index (χ0) is 13.5. The highest BCUT2D eigenvalue weighted by molar-refractivity contribution is 5.91. The summed E-state index contributed by atoms with van der Waals surface area (Å²) in [6.07, 6.45) is 5.79. The summed E-state index contributed by atoms with van der Waals surface area (Å²) in [5.74, 6) is 0.0173. The number of hydrogen-bond donors (Lipinski definition) is 2. The molecule has 0 bridgehead atoms. The van der Waals surface area contributed by atoms with E-state index in [1.165, 1.54) is 0 Å². The highest BCUT2D eigenvalue weighted by atomic mass is 16.1. The van der Waals surface area contributed by atoms with Crippen LogP contribution in [0.2, 0.25) is 0 Å². The van der Waals surface area contributed by atoms with Crippen LogP contribution in [-0.4, -0.2) is 28.5 Å². The van der Waals surface area contributed by atoms with Gasteiger partial charge >= 0.3 is 0 Å². The van der Waals surface area contributed by atoms with Crippen LogP contribution in [0.4, 0.5) is 5.69 Å². The van der Waals surface area contributed by atoms with Gasteiger partial charge in [0.1, 0.15) is 0 Å². The summed E-state index contributed by atoms with van der Waals surface area (Å²) in [7, 11) is 0. The van der Waals surface area contributed by atoms with Gasteiger partial charge in [0.05, 0.1) is 6.33 Å². The largest absolute Gasteiger partial charge is 0.326 e. The molecule has 0 unspecified atom stereocenters. The van der Waals surface area contributed by atoms with E-state index in [2.05, 4.69) is 15.6 Å². The van der Waals surface area contributed by atoms with Gasteiger partial charge in [-0.1, -0.05) is 13.0 Å². The molecular formula is C14H18N4O. The van der Waals surface area contributed by atoms with Crippen molar-refractivity contribution < 1.29 is 4.79 Å². The summed E-state index contributed by atoms with van der Waals surface area (Å²) in [6, 6.07) is 7.68. The van der Waals surface area contributed by atoms with E-state index < -0.39 is 0 Å². The molecule has 2 rings (SSSR count). The molecule has 19 heavy (non-hydrogen) atoms. The van der Waals surface area contributed by atoms with Crippen molar-refractivity contribution in [3.05, 3.63) is 43.0 Å². The Morgan fingerprint density at radius 2 is 2.32 bits per heavy atom. The fraction of sp³-hybridized carbons (Fsp3) is 0.286. The van der Waals surface area contributed by atoms with Crippen LogP contribution in [0.25, 0.3) is 5.69 Å². The Morgan fingerprint density at radius 3 is 3.05 bits per heavy atom. The first-order valence-electron chi connectivity index (χ1n) is 6.38. The molecule has 1 aromatic carbocycles. The Kier molecular flexibility index (Phi) is 4.69. The first-order valence-corrected chi connectivity index (χ1v) is 6.38. The van der Waals surface area contributed by atoms with E-state index in [0.29, 0.717) is 13.0 Å². The van der Waals surface area contributed by atoms with Gasteiger partial charge in [0.25, 0.3) is 0 Å². The predicted octanol–water partition coefficient (Wildman–Crippen LogP) is 1.81. The molecule has 2 N–H and O–H groups in total. The molecule has 2 aromatic rings. The van der Waals surface area contributed by atoms with Gasteiger partial charge in [0.15, 0.2) is 0 Å². The highest BCUT2D eigenvalue weighted by Gasteiger charge is 2.03. The van der Waals surface area contributed by atoms with Gasteiger partial charge in [-0.25, -0.2) is 4.98 Å². The Bertz CT molecular complexity index is 522. The van der Waals surface area contributed by atoms with Crippen LogP contribution in [0.1, 0.15) is 13.3 Å². The molecule has 100 valence electrons. The lowest BCUT2D eigenvalue weighted by Crippen LogP contribution is -2.21. The molecule has 0 atom stereocenters. The lowest BCUT2D eigenvalue weighted by Gasteiger charge is -2.08. The number of imidazole rings is 1. The van der Waals surface area contributed by atoms with Gasteiger partial charge in [-0.15, -0.1) is 0 Å². The molecule has 5 nitrogen and oxygen atoms in total. The normalized spacial score (nSPS) is 10.4. The summed E-state index contributed by atoms with van der Waals surface area (Å²) in [5.41, 5.74) is 1.77. The first kappa shape index (κ1) is 13.3. The summed E-state index contributed by atoms with van der Waals surface area (Å²) in [6.45, 7) is 3.60. The van der Waals surface area contributed by atoms with Crippen molar-refractivity contribution in [2.75, 3.05) is 18.4 Å². The molecule has 0 aliphatic heterocycles. The molecule has 0 aliphatic rings. The quantitative estimate of drug-likeness (QED) is 0.777. The smallest absolute Gasteiger partial charge is 0.225 e. The highest BCUT2D eigenvalue weighted by Crippen LogP contribution is 2.14. The molecule has 0 spiro atoms. The molecule has 1 amide bonds. The van der Waals surface area contributed by atoms with Crippen molar-refractivity contribution in [3.8, 4) is 5.69 Å². The molecule has 0 saturated carbocycles. The van der Waals surface area contributed by atoms with Gasteiger partial charge in [0, 0.05) is 36.7 Å². The Labute approximate surface area is 112 Å². The van der Waals surface area contributed by atoms with Crippen LogP contribution in [0.5, 0.6) is 0 Å².